The molecule has 0 unspecified atom stereocenters. The van der Waals surface area contributed by atoms with Crippen LogP contribution in [0.5, 0.6) is 6.01 Å². The van der Waals surface area contributed by atoms with Gasteiger partial charge in [0, 0.05) is 17.8 Å². The van der Waals surface area contributed by atoms with Gasteiger partial charge in [-0.25, -0.2) is 4.98 Å². The Bertz CT molecular complexity index is 635. The molecule has 108 valence electrons. The summed E-state index contributed by atoms with van der Waals surface area (Å²) < 4.78 is 1.76. The van der Waals surface area contributed by atoms with E-state index in [1.54, 1.807) is 4.57 Å². The summed E-state index contributed by atoms with van der Waals surface area (Å²) in [5, 5.41) is 14.3. The molecular formula is C13H17ClN4O2. The number of halogens is 1. The van der Waals surface area contributed by atoms with Gasteiger partial charge in [-0.05, 0) is 12.8 Å². The quantitative estimate of drug-likeness (QED) is 0.679. The van der Waals surface area contributed by atoms with Gasteiger partial charge in [-0.2, -0.15) is 4.98 Å². The van der Waals surface area contributed by atoms with Gasteiger partial charge in [-0.1, -0.05) is 30.6 Å². The van der Waals surface area contributed by atoms with Crippen molar-refractivity contribution >= 4 is 29.0 Å². The molecule has 0 radical (unpaired) electrons. The van der Waals surface area contributed by atoms with E-state index in [0.29, 0.717) is 21.7 Å². The molecule has 0 fully saturated rings. The van der Waals surface area contributed by atoms with Crippen LogP contribution < -0.4 is 0 Å². The molecule has 6 nitrogen and oxygen atoms in total. The van der Waals surface area contributed by atoms with Crippen LogP contribution in [0.3, 0.4) is 0 Å². The first kappa shape index (κ1) is 14.6. The highest BCUT2D eigenvalue weighted by molar-refractivity contribution is 6.34. The molecule has 0 saturated carbocycles. The third kappa shape index (κ3) is 2.43. The summed E-state index contributed by atoms with van der Waals surface area (Å²) in [7, 11) is 1.46. The van der Waals surface area contributed by atoms with Crippen molar-refractivity contribution in [1.29, 1.82) is 0 Å². The van der Waals surface area contributed by atoms with Gasteiger partial charge in [0.25, 0.3) is 6.01 Å². The zero-order valence-electron chi connectivity index (χ0n) is 11.7. The van der Waals surface area contributed by atoms with Gasteiger partial charge in [-0.15, -0.1) is 0 Å². The summed E-state index contributed by atoms with van der Waals surface area (Å²) in [5.41, 5.74) is 1.75. The Kier molecular flexibility index (Phi) is 4.44. The lowest BCUT2D eigenvalue weighted by molar-refractivity contribution is 0.215. The largest absolute Gasteiger partial charge is 0.480 e. The lowest BCUT2D eigenvalue weighted by atomic mass is 10.1. The molecular weight excluding hydrogens is 280 g/mol. The first-order chi connectivity index (χ1) is 9.63. The van der Waals surface area contributed by atoms with E-state index >= 15 is 0 Å². The van der Waals surface area contributed by atoms with Crippen LogP contribution >= 0.6 is 11.6 Å². The predicted octanol–water partition coefficient (Wildman–Crippen LogP) is 3.13. The third-order valence-electron chi connectivity index (χ3n) is 3.28. The molecule has 0 bridgehead atoms. The molecule has 20 heavy (non-hydrogen) atoms. The predicted molar refractivity (Wildman–Crippen MR) is 78.4 cm³/mol. The lowest BCUT2D eigenvalue weighted by Gasteiger charge is -2.17. The monoisotopic (exact) mass is 296 g/mol. The van der Waals surface area contributed by atoms with Crippen LogP contribution in [0.4, 0.5) is 0 Å². The summed E-state index contributed by atoms with van der Waals surface area (Å²) in [6.07, 6.45) is 4.72. The van der Waals surface area contributed by atoms with Crippen LogP contribution in [0.15, 0.2) is 11.4 Å². The molecule has 1 N–H and O–H groups in total. The van der Waals surface area contributed by atoms with Crippen LogP contribution in [-0.4, -0.2) is 33.0 Å². The van der Waals surface area contributed by atoms with Crippen molar-refractivity contribution in [3.63, 3.8) is 0 Å². The van der Waals surface area contributed by atoms with E-state index in [2.05, 4.69) is 29.0 Å². The third-order valence-corrected chi connectivity index (χ3v) is 3.58. The highest BCUT2D eigenvalue weighted by Crippen LogP contribution is 2.32. The van der Waals surface area contributed by atoms with Gasteiger partial charge in [0.2, 0.25) is 0 Å². The Balaban J connectivity index is 2.76. The van der Waals surface area contributed by atoms with Gasteiger partial charge in [0.15, 0.2) is 5.65 Å². The number of nitrogens with zero attached hydrogens (tertiary/aromatic N) is 4. The summed E-state index contributed by atoms with van der Waals surface area (Å²) in [6.45, 7) is 4.11. The molecule has 0 aliphatic rings. The second kappa shape index (κ2) is 6.09. The van der Waals surface area contributed by atoms with Gasteiger partial charge in [-0.3, -0.25) is 4.57 Å². The molecule has 0 spiro atoms. The fourth-order valence-electron chi connectivity index (χ4n) is 2.28. The van der Waals surface area contributed by atoms with E-state index < -0.39 is 0 Å². The topological polar surface area (TPSA) is 72.5 Å². The Morgan fingerprint density at radius 1 is 1.50 bits per heavy atom. The fraction of sp³-hybridized carbons (Fsp3) is 0.462. The molecule has 2 aromatic heterocycles. The van der Waals surface area contributed by atoms with Gasteiger partial charge in [0.1, 0.15) is 12.6 Å². The standard InChI is InChI=1S/C13H17ClN4O2/c1-4-8(5-2)18-11-9(6-16-20-3)10(14)7-15-12(11)17-13(18)19/h6-8H,4-5H2,1-3H3,(H,15,17,19). The van der Waals surface area contributed by atoms with E-state index in [-0.39, 0.29) is 12.1 Å². The number of aromatic nitrogens is 3. The van der Waals surface area contributed by atoms with Crippen molar-refractivity contribution < 1.29 is 9.94 Å². The molecule has 2 heterocycles. The highest BCUT2D eigenvalue weighted by atomic mass is 35.5. The fourth-order valence-corrected chi connectivity index (χ4v) is 2.46. The first-order valence-electron chi connectivity index (χ1n) is 6.45. The maximum absolute atomic E-state index is 10.1. The number of rotatable bonds is 5. The average Bonchev–Trinajstić information content (AvgIpc) is 2.77. The second-order valence-electron chi connectivity index (χ2n) is 4.36. The van der Waals surface area contributed by atoms with Crippen LogP contribution in [0.25, 0.3) is 11.2 Å². The van der Waals surface area contributed by atoms with E-state index in [9.17, 15) is 5.11 Å². The Morgan fingerprint density at radius 2 is 2.20 bits per heavy atom. The minimum Gasteiger partial charge on any atom is -0.480 e. The zero-order valence-corrected chi connectivity index (χ0v) is 12.4. The van der Waals surface area contributed by atoms with Crippen molar-refractivity contribution in [3.05, 3.63) is 16.8 Å². The number of oxime groups is 1. The Morgan fingerprint density at radius 3 is 2.80 bits per heavy atom. The average molecular weight is 297 g/mol. The summed E-state index contributed by atoms with van der Waals surface area (Å²) in [5.74, 6) is 0. The van der Waals surface area contributed by atoms with E-state index in [1.807, 2.05) is 0 Å². The van der Waals surface area contributed by atoms with E-state index in [0.717, 1.165) is 12.8 Å². The van der Waals surface area contributed by atoms with Gasteiger partial charge >= 0.3 is 0 Å². The minimum atomic E-state index is -0.0597. The van der Waals surface area contributed by atoms with E-state index in [1.165, 1.54) is 19.5 Å². The molecule has 0 amide bonds. The Labute approximate surface area is 122 Å². The number of hydrogen-bond donors (Lipinski definition) is 1. The van der Waals surface area contributed by atoms with Crippen LogP contribution in [0, 0.1) is 0 Å². The number of fused-ring (bicyclic) bond motifs is 1. The molecule has 0 saturated heterocycles. The van der Waals surface area contributed by atoms with Crippen molar-refractivity contribution in [3.8, 4) is 6.01 Å². The second-order valence-corrected chi connectivity index (χ2v) is 4.77. The van der Waals surface area contributed by atoms with Crippen molar-refractivity contribution in [2.24, 2.45) is 5.16 Å². The molecule has 0 aliphatic heterocycles. The summed E-state index contributed by atoms with van der Waals surface area (Å²) in [4.78, 5) is 12.9. The normalized spacial score (nSPS) is 11.8. The maximum atomic E-state index is 10.1. The molecule has 0 aromatic carbocycles. The van der Waals surface area contributed by atoms with Crippen molar-refractivity contribution in [1.82, 2.24) is 14.5 Å². The zero-order chi connectivity index (χ0) is 14.7. The highest BCUT2D eigenvalue weighted by Gasteiger charge is 2.21. The smallest absolute Gasteiger partial charge is 0.296 e. The minimum absolute atomic E-state index is 0.0597. The van der Waals surface area contributed by atoms with Crippen LogP contribution in [0.2, 0.25) is 5.02 Å². The Hall–Kier alpha value is -1.82. The van der Waals surface area contributed by atoms with Crippen molar-refractivity contribution in [2.45, 2.75) is 32.7 Å². The number of hydrogen-bond acceptors (Lipinski definition) is 5. The van der Waals surface area contributed by atoms with Crippen LogP contribution in [0.1, 0.15) is 38.3 Å². The molecule has 7 heteroatoms. The number of pyridine rings is 1. The van der Waals surface area contributed by atoms with Gasteiger partial charge < -0.3 is 9.94 Å². The maximum Gasteiger partial charge on any atom is 0.296 e. The van der Waals surface area contributed by atoms with Gasteiger partial charge in [0.05, 0.1) is 11.2 Å². The molecule has 2 aromatic rings. The SMILES string of the molecule is CCC(CC)n1c(O)nc2ncc(Cl)c(C=NOC)c21. The molecule has 2 rings (SSSR count). The number of imidazole rings is 1. The molecule has 0 atom stereocenters. The van der Waals surface area contributed by atoms with E-state index in [4.69, 9.17) is 16.4 Å². The lowest BCUT2D eigenvalue weighted by Crippen LogP contribution is -2.08. The first-order valence-corrected chi connectivity index (χ1v) is 6.83. The molecule has 0 aliphatic carbocycles. The summed E-state index contributed by atoms with van der Waals surface area (Å²) in [6, 6.07) is 0.0606. The van der Waals surface area contributed by atoms with Crippen LogP contribution in [-0.2, 0) is 4.84 Å². The summed E-state index contributed by atoms with van der Waals surface area (Å²) >= 11 is 6.18. The number of aromatic hydroxyl groups is 1. The van der Waals surface area contributed by atoms with Crippen molar-refractivity contribution in [2.75, 3.05) is 7.11 Å².